The molecule has 0 bridgehead atoms. The number of unbranched alkanes of at least 4 members (excludes halogenated alkanes) is 31. The molecule has 6 nitrogen and oxygen atoms in total. The van der Waals surface area contributed by atoms with Crippen LogP contribution in [0.2, 0.25) is 0 Å². The zero-order valence-corrected chi connectivity index (χ0v) is 37.4. The summed E-state index contributed by atoms with van der Waals surface area (Å²) in [6.45, 7) is 8.93. The molecule has 0 saturated heterocycles. The van der Waals surface area contributed by atoms with Crippen LogP contribution < -0.4 is 0 Å². The molecule has 55 heavy (non-hydrogen) atoms. The summed E-state index contributed by atoms with van der Waals surface area (Å²) in [5.74, 6) is -0.0369. The van der Waals surface area contributed by atoms with Crippen molar-refractivity contribution in [3.63, 3.8) is 0 Å². The van der Waals surface area contributed by atoms with Gasteiger partial charge in [0.05, 0.1) is 0 Å². The smallest absolute Gasteiger partial charge is 0.306 e. The molecule has 0 aromatic heterocycles. The van der Waals surface area contributed by atoms with Crippen LogP contribution in [0, 0.1) is 5.92 Å². The molecule has 0 saturated carbocycles. The molecule has 0 rings (SSSR count). The Labute approximate surface area is 342 Å². The molecular formula is C49H94O6. The number of carbonyl (C=O) groups excluding carboxylic acids is 3. The third-order valence-corrected chi connectivity index (χ3v) is 11.0. The van der Waals surface area contributed by atoms with Crippen molar-refractivity contribution in [1.29, 1.82) is 0 Å². The molecule has 0 heterocycles. The summed E-state index contributed by atoms with van der Waals surface area (Å²) in [5.41, 5.74) is 0. The van der Waals surface area contributed by atoms with Crippen LogP contribution in [-0.4, -0.2) is 37.2 Å². The van der Waals surface area contributed by atoms with Crippen molar-refractivity contribution < 1.29 is 28.6 Å². The minimum absolute atomic E-state index is 0.0645. The Morgan fingerprint density at radius 2 is 0.600 bits per heavy atom. The normalized spacial score (nSPS) is 11.9. The van der Waals surface area contributed by atoms with Gasteiger partial charge in [0.15, 0.2) is 6.10 Å². The molecule has 0 aliphatic heterocycles. The number of esters is 3. The molecule has 0 fully saturated rings. The predicted octanol–water partition coefficient (Wildman–Crippen LogP) is 15.5. The fraction of sp³-hybridized carbons (Fsp3) is 0.939. The standard InChI is InChI=1S/C49H94O6/c1-5-7-9-11-12-13-14-15-16-17-18-19-20-23-27-30-34-38-42-49(52)55-46(43-53-47(50)40-36-31-10-8-6-2)44-54-48(51)41-37-33-29-26-24-21-22-25-28-32-35-39-45(3)4/h45-46H,5-44H2,1-4H3/t46-/m0/s1. The maximum absolute atomic E-state index is 12.7. The largest absolute Gasteiger partial charge is 0.462 e. The van der Waals surface area contributed by atoms with Gasteiger partial charge >= 0.3 is 17.9 Å². The minimum Gasteiger partial charge on any atom is -0.462 e. The summed E-state index contributed by atoms with van der Waals surface area (Å²) in [5, 5.41) is 0. The van der Waals surface area contributed by atoms with E-state index in [4.69, 9.17) is 14.2 Å². The van der Waals surface area contributed by atoms with E-state index in [1.54, 1.807) is 0 Å². The second-order valence-electron chi connectivity index (χ2n) is 17.2. The van der Waals surface area contributed by atoms with Crippen molar-refractivity contribution in [2.75, 3.05) is 13.2 Å². The molecule has 0 aromatic rings. The van der Waals surface area contributed by atoms with Gasteiger partial charge in [-0.05, 0) is 25.2 Å². The van der Waals surface area contributed by atoms with Gasteiger partial charge in [0.25, 0.3) is 0 Å². The minimum atomic E-state index is -0.758. The van der Waals surface area contributed by atoms with E-state index < -0.39 is 6.10 Å². The summed E-state index contributed by atoms with van der Waals surface area (Å²) in [4.78, 5) is 37.6. The number of hydrogen-bond acceptors (Lipinski definition) is 6. The van der Waals surface area contributed by atoms with Crippen LogP contribution in [0.25, 0.3) is 0 Å². The Morgan fingerprint density at radius 3 is 0.891 bits per heavy atom. The van der Waals surface area contributed by atoms with Crippen molar-refractivity contribution in [3.8, 4) is 0 Å². The second-order valence-corrected chi connectivity index (χ2v) is 17.2. The van der Waals surface area contributed by atoms with Crippen LogP contribution in [0.3, 0.4) is 0 Å². The number of ether oxygens (including phenoxy) is 3. The molecule has 0 N–H and O–H groups in total. The molecule has 0 spiro atoms. The summed E-state index contributed by atoms with van der Waals surface area (Å²) >= 11 is 0. The summed E-state index contributed by atoms with van der Waals surface area (Å²) in [7, 11) is 0. The van der Waals surface area contributed by atoms with Crippen LogP contribution in [0.15, 0.2) is 0 Å². The topological polar surface area (TPSA) is 78.9 Å². The monoisotopic (exact) mass is 779 g/mol. The average Bonchev–Trinajstić information content (AvgIpc) is 3.17. The van der Waals surface area contributed by atoms with Gasteiger partial charge in [-0.15, -0.1) is 0 Å². The lowest BCUT2D eigenvalue weighted by atomic mass is 10.0. The molecule has 0 aromatic carbocycles. The van der Waals surface area contributed by atoms with Crippen molar-refractivity contribution >= 4 is 17.9 Å². The zero-order chi connectivity index (χ0) is 40.3. The molecule has 326 valence electrons. The first kappa shape index (κ1) is 53.4. The Balaban J connectivity index is 4.13. The van der Waals surface area contributed by atoms with Crippen LogP contribution in [-0.2, 0) is 28.6 Å². The van der Waals surface area contributed by atoms with Crippen molar-refractivity contribution in [2.45, 2.75) is 278 Å². The van der Waals surface area contributed by atoms with Crippen molar-refractivity contribution in [2.24, 2.45) is 5.92 Å². The fourth-order valence-electron chi connectivity index (χ4n) is 7.33. The van der Waals surface area contributed by atoms with Crippen LogP contribution >= 0.6 is 0 Å². The summed E-state index contributed by atoms with van der Waals surface area (Å²) < 4.78 is 16.6. The van der Waals surface area contributed by atoms with Crippen LogP contribution in [0.5, 0.6) is 0 Å². The highest BCUT2D eigenvalue weighted by Gasteiger charge is 2.19. The van der Waals surface area contributed by atoms with E-state index in [0.29, 0.717) is 19.3 Å². The Kier molecular flexibility index (Phi) is 42.3. The van der Waals surface area contributed by atoms with Gasteiger partial charge in [0.2, 0.25) is 0 Å². The third kappa shape index (κ3) is 43.4. The summed E-state index contributed by atoms with van der Waals surface area (Å²) in [6, 6.07) is 0. The van der Waals surface area contributed by atoms with E-state index in [0.717, 1.165) is 70.1 Å². The van der Waals surface area contributed by atoms with Gasteiger partial charge in [0.1, 0.15) is 13.2 Å². The highest BCUT2D eigenvalue weighted by molar-refractivity contribution is 5.71. The Morgan fingerprint density at radius 1 is 0.345 bits per heavy atom. The Hall–Kier alpha value is -1.59. The van der Waals surface area contributed by atoms with E-state index in [9.17, 15) is 14.4 Å². The molecular weight excluding hydrogens is 685 g/mol. The molecule has 0 aliphatic rings. The lowest BCUT2D eigenvalue weighted by molar-refractivity contribution is -0.167. The first-order chi connectivity index (χ1) is 26.9. The molecule has 0 unspecified atom stereocenters. The van der Waals surface area contributed by atoms with E-state index >= 15 is 0 Å². The second kappa shape index (κ2) is 43.5. The van der Waals surface area contributed by atoms with E-state index in [1.807, 2.05) is 0 Å². The number of rotatable bonds is 44. The van der Waals surface area contributed by atoms with Crippen LogP contribution in [0.4, 0.5) is 0 Å². The maximum Gasteiger partial charge on any atom is 0.306 e. The molecule has 1 atom stereocenters. The van der Waals surface area contributed by atoms with Crippen LogP contribution in [0.1, 0.15) is 272 Å². The summed E-state index contributed by atoms with van der Waals surface area (Å²) in [6.07, 6.45) is 44.1. The highest BCUT2D eigenvalue weighted by atomic mass is 16.6. The van der Waals surface area contributed by atoms with Gasteiger partial charge in [-0.1, -0.05) is 233 Å². The van der Waals surface area contributed by atoms with Gasteiger partial charge in [-0.3, -0.25) is 14.4 Å². The third-order valence-electron chi connectivity index (χ3n) is 11.0. The first-order valence-electron chi connectivity index (χ1n) is 24.4. The van der Waals surface area contributed by atoms with Gasteiger partial charge in [-0.2, -0.15) is 0 Å². The maximum atomic E-state index is 12.7. The molecule has 0 radical (unpaired) electrons. The van der Waals surface area contributed by atoms with Gasteiger partial charge < -0.3 is 14.2 Å². The number of hydrogen-bond donors (Lipinski definition) is 0. The molecule has 0 aliphatic carbocycles. The lowest BCUT2D eigenvalue weighted by Crippen LogP contribution is -2.30. The van der Waals surface area contributed by atoms with Crippen molar-refractivity contribution in [1.82, 2.24) is 0 Å². The van der Waals surface area contributed by atoms with E-state index in [1.165, 1.54) is 161 Å². The average molecular weight is 779 g/mol. The van der Waals surface area contributed by atoms with Gasteiger partial charge in [0, 0.05) is 19.3 Å². The molecule has 0 amide bonds. The van der Waals surface area contributed by atoms with E-state index in [-0.39, 0.29) is 31.1 Å². The Bertz CT molecular complexity index is 826. The highest BCUT2D eigenvalue weighted by Crippen LogP contribution is 2.17. The predicted molar refractivity (Wildman–Crippen MR) is 233 cm³/mol. The first-order valence-corrected chi connectivity index (χ1v) is 24.4. The van der Waals surface area contributed by atoms with Gasteiger partial charge in [-0.25, -0.2) is 0 Å². The van der Waals surface area contributed by atoms with Crippen molar-refractivity contribution in [3.05, 3.63) is 0 Å². The number of carbonyl (C=O) groups is 3. The van der Waals surface area contributed by atoms with E-state index in [2.05, 4.69) is 27.7 Å². The lowest BCUT2D eigenvalue weighted by Gasteiger charge is -2.18. The molecule has 6 heteroatoms. The quantitative estimate of drug-likeness (QED) is 0.0348. The zero-order valence-electron chi connectivity index (χ0n) is 37.4. The SMILES string of the molecule is CCCCCCCCCCCCCCCCCCCCC(=O)O[C@@H](COC(=O)CCCCCCC)COC(=O)CCCCCCCCCCCCCC(C)C. The fourth-order valence-corrected chi connectivity index (χ4v) is 7.33.